The van der Waals surface area contributed by atoms with Gasteiger partial charge in [0, 0.05) is 27.1 Å². The van der Waals surface area contributed by atoms with Crippen molar-refractivity contribution in [3.63, 3.8) is 0 Å². The first-order valence-electron chi connectivity index (χ1n) is 9.69. The first kappa shape index (κ1) is 20.0. The minimum atomic E-state index is -0.513. The number of aliphatic hydroxyl groups excluding tert-OH is 1. The van der Waals surface area contributed by atoms with E-state index in [9.17, 15) is 5.11 Å². The van der Waals surface area contributed by atoms with Crippen LogP contribution in [0.1, 0.15) is 28.7 Å². The molecule has 29 heavy (non-hydrogen) atoms. The van der Waals surface area contributed by atoms with E-state index < -0.39 is 6.10 Å². The molecule has 4 rings (SSSR count). The summed E-state index contributed by atoms with van der Waals surface area (Å²) >= 11 is 12.7. The molecule has 3 aromatic carbocycles. The van der Waals surface area contributed by atoms with Crippen molar-refractivity contribution in [2.24, 2.45) is 0 Å². The average Bonchev–Trinajstić information content (AvgIpc) is 3.16. The Balaban J connectivity index is 1.60. The van der Waals surface area contributed by atoms with Crippen LogP contribution in [-0.4, -0.2) is 23.2 Å². The fraction of sp³-hybridized carbons (Fsp3) is 0.167. The van der Waals surface area contributed by atoms with Crippen molar-refractivity contribution in [3.8, 4) is 0 Å². The number of hydrogen-bond acceptors (Lipinski definition) is 1. The van der Waals surface area contributed by atoms with Gasteiger partial charge in [-0.1, -0.05) is 77.8 Å². The van der Waals surface area contributed by atoms with Crippen molar-refractivity contribution in [1.82, 2.24) is 4.98 Å². The third kappa shape index (κ3) is 4.49. The zero-order valence-electron chi connectivity index (χ0n) is 15.9. The molecule has 1 heterocycles. The number of nitrogens with two attached hydrogens (primary N) is 1. The van der Waals surface area contributed by atoms with E-state index in [2.05, 4.69) is 28.6 Å². The summed E-state index contributed by atoms with van der Waals surface area (Å²) in [6.07, 6.45) is 1.54. The third-order valence-corrected chi connectivity index (χ3v) is 5.87. The molecule has 0 fully saturated rings. The molecule has 0 aliphatic carbocycles. The molecule has 0 bridgehead atoms. The van der Waals surface area contributed by atoms with Crippen LogP contribution in [-0.2, 0) is 0 Å². The van der Waals surface area contributed by atoms with Crippen molar-refractivity contribution in [2.45, 2.75) is 12.0 Å². The summed E-state index contributed by atoms with van der Waals surface area (Å²) in [5, 5.41) is 15.1. The Labute approximate surface area is 180 Å². The summed E-state index contributed by atoms with van der Waals surface area (Å²) in [5.41, 5.74) is 4.25. The molecule has 3 nitrogen and oxygen atoms in total. The lowest BCUT2D eigenvalue weighted by molar-refractivity contribution is -0.663. The number of hydrogen-bond donors (Lipinski definition) is 3. The molecule has 4 aromatic rings. The monoisotopic (exact) mass is 425 g/mol. The lowest BCUT2D eigenvalue weighted by atomic mass is 9.90. The number of halogens is 2. The summed E-state index contributed by atoms with van der Waals surface area (Å²) in [4.78, 5) is 3.36. The summed E-state index contributed by atoms with van der Waals surface area (Å²) in [7, 11) is 0. The summed E-state index contributed by atoms with van der Waals surface area (Å²) in [6, 6.07) is 23.7. The van der Waals surface area contributed by atoms with Gasteiger partial charge >= 0.3 is 0 Å². The smallest absolute Gasteiger partial charge is 0.128 e. The number of benzene rings is 3. The quantitative estimate of drug-likeness (QED) is 0.387. The van der Waals surface area contributed by atoms with Crippen molar-refractivity contribution < 1.29 is 10.4 Å². The molecule has 0 radical (unpaired) electrons. The summed E-state index contributed by atoms with van der Waals surface area (Å²) in [5.74, 6) is 0.0684. The van der Waals surface area contributed by atoms with Gasteiger partial charge in [-0.2, -0.15) is 0 Å². The summed E-state index contributed by atoms with van der Waals surface area (Å²) in [6.45, 7) is 1.33. The fourth-order valence-electron chi connectivity index (χ4n) is 3.82. The number of fused-ring (bicyclic) bond motifs is 1. The van der Waals surface area contributed by atoms with Crippen molar-refractivity contribution >= 4 is 34.1 Å². The number of aromatic nitrogens is 1. The van der Waals surface area contributed by atoms with Crippen LogP contribution in [0.2, 0.25) is 10.0 Å². The minimum absolute atomic E-state index is 0.0684. The molecule has 0 amide bonds. The molecular formula is C24H23Cl2N2O+. The van der Waals surface area contributed by atoms with Gasteiger partial charge in [0.2, 0.25) is 0 Å². The number of para-hydroxylation sites is 1. The number of quaternary nitrogens is 1. The molecule has 0 saturated carbocycles. The Morgan fingerprint density at radius 3 is 2.41 bits per heavy atom. The molecule has 5 heteroatoms. The maximum absolute atomic E-state index is 10.5. The van der Waals surface area contributed by atoms with Crippen molar-refractivity contribution in [3.05, 3.63) is 106 Å². The van der Waals surface area contributed by atoms with Gasteiger partial charge in [-0.15, -0.1) is 0 Å². The van der Waals surface area contributed by atoms with E-state index in [-0.39, 0.29) is 5.92 Å². The molecule has 1 aromatic heterocycles. The lowest BCUT2D eigenvalue weighted by Crippen LogP contribution is -2.86. The Bertz CT molecular complexity index is 1090. The summed E-state index contributed by atoms with van der Waals surface area (Å²) < 4.78 is 0. The van der Waals surface area contributed by atoms with Crippen LogP contribution in [0.25, 0.3) is 10.9 Å². The van der Waals surface area contributed by atoms with Gasteiger partial charge < -0.3 is 15.4 Å². The van der Waals surface area contributed by atoms with Gasteiger partial charge in [0.1, 0.15) is 12.6 Å². The molecule has 0 aliphatic rings. The Hall–Kier alpha value is -2.30. The highest BCUT2D eigenvalue weighted by Gasteiger charge is 2.23. The predicted molar refractivity (Wildman–Crippen MR) is 120 cm³/mol. The molecule has 4 N–H and O–H groups in total. The Kier molecular flexibility index (Phi) is 6.22. The number of rotatable bonds is 7. The molecule has 0 spiro atoms. The van der Waals surface area contributed by atoms with Crippen LogP contribution in [0, 0.1) is 0 Å². The van der Waals surface area contributed by atoms with E-state index in [4.69, 9.17) is 23.2 Å². The first-order valence-corrected chi connectivity index (χ1v) is 10.4. The highest BCUT2D eigenvalue weighted by atomic mass is 35.5. The van der Waals surface area contributed by atoms with Crippen molar-refractivity contribution in [1.29, 1.82) is 0 Å². The fourth-order valence-corrected chi connectivity index (χ4v) is 4.36. The number of H-pyrrole nitrogens is 1. The van der Waals surface area contributed by atoms with E-state index in [1.807, 2.05) is 54.6 Å². The molecule has 148 valence electrons. The predicted octanol–water partition coefficient (Wildman–Crippen LogP) is 4.90. The van der Waals surface area contributed by atoms with E-state index in [1.54, 1.807) is 6.07 Å². The molecule has 0 saturated heterocycles. The van der Waals surface area contributed by atoms with Gasteiger partial charge in [-0.05, 0) is 34.9 Å². The SMILES string of the molecule is O[C@@H](C[NH2+]C[C@H](c1ccc(Cl)cc1Cl)c1c[nH]c2ccccc12)c1ccccc1. The normalized spacial score (nSPS) is 13.5. The number of aromatic amines is 1. The van der Waals surface area contributed by atoms with Crippen LogP contribution in [0.3, 0.4) is 0 Å². The van der Waals surface area contributed by atoms with Crippen LogP contribution < -0.4 is 5.32 Å². The van der Waals surface area contributed by atoms with Gasteiger partial charge in [-0.3, -0.25) is 0 Å². The number of nitrogens with one attached hydrogen (secondary N) is 1. The van der Waals surface area contributed by atoms with Gasteiger partial charge in [0.25, 0.3) is 0 Å². The van der Waals surface area contributed by atoms with Gasteiger partial charge in [-0.25, -0.2) is 0 Å². The second-order valence-corrected chi connectivity index (χ2v) is 8.04. The Morgan fingerprint density at radius 2 is 1.62 bits per heavy atom. The largest absolute Gasteiger partial charge is 0.382 e. The van der Waals surface area contributed by atoms with E-state index in [1.165, 1.54) is 10.9 Å². The highest BCUT2D eigenvalue weighted by Crippen LogP contribution is 2.34. The van der Waals surface area contributed by atoms with E-state index in [0.29, 0.717) is 16.6 Å². The molecule has 0 aliphatic heterocycles. The van der Waals surface area contributed by atoms with E-state index in [0.717, 1.165) is 23.2 Å². The first-order chi connectivity index (χ1) is 14.1. The van der Waals surface area contributed by atoms with Crippen LogP contribution >= 0.6 is 23.2 Å². The Morgan fingerprint density at radius 1 is 0.862 bits per heavy atom. The van der Waals surface area contributed by atoms with Crippen LogP contribution in [0.4, 0.5) is 0 Å². The molecular weight excluding hydrogens is 403 g/mol. The van der Waals surface area contributed by atoms with Crippen LogP contribution in [0.15, 0.2) is 79.0 Å². The number of aliphatic hydroxyl groups is 1. The minimum Gasteiger partial charge on any atom is -0.382 e. The standard InChI is InChI=1S/C24H22Cl2N2O/c25-17-10-11-18(22(26)12-17)20(21-14-28-23-9-5-4-8-19(21)23)13-27-15-24(29)16-6-2-1-3-7-16/h1-12,14,20,24,27-29H,13,15H2/p+1/t20-,24+/m1/s1. The van der Waals surface area contributed by atoms with Gasteiger partial charge in [0.05, 0.1) is 12.5 Å². The second-order valence-electron chi connectivity index (χ2n) is 7.19. The average molecular weight is 426 g/mol. The zero-order chi connectivity index (χ0) is 20.2. The highest BCUT2D eigenvalue weighted by molar-refractivity contribution is 6.35. The van der Waals surface area contributed by atoms with Crippen molar-refractivity contribution in [2.75, 3.05) is 13.1 Å². The maximum atomic E-state index is 10.5. The maximum Gasteiger partial charge on any atom is 0.128 e. The van der Waals surface area contributed by atoms with E-state index >= 15 is 0 Å². The zero-order valence-corrected chi connectivity index (χ0v) is 17.4. The third-order valence-electron chi connectivity index (χ3n) is 5.31. The van der Waals surface area contributed by atoms with Gasteiger partial charge in [0.15, 0.2) is 0 Å². The van der Waals surface area contributed by atoms with Crippen LogP contribution in [0.5, 0.6) is 0 Å². The second kappa shape index (κ2) is 9.02. The lowest BCUT2D eigenvalue weighted by Gasteiger charge is -2.19. The molecule has 0 unspecified atom stereocenters. The topological polar surface area (TPSA) is 52.6 Å². The molecule has 2 atom stereocenters.